The molecule has 4 amide bonds. The summed E-state index contributed by atoms with van der Waals surface area (Å²) >= 11 is 1.46. The standard InChI is InChI=1S/C34H46N6O6S/c1-21(41)37-30-38-26(27(47-30)20-14-22-9-15-24(16-10-22)28(42)36-8)19-13-23-11-17-25(18-12-23)39-34(32(2,3)4,45-29(35)43)46-31(44)40-33(5,6)7/h9-12,15-18,39H,13-14,19-20H2,1-8H3,(H2,35,43)(H,36,42)(H,40,44)(H,37,38,41). The Hall–Kier alpha value is -4.65. The molecule has 0 radical (unpaired) electrons. The number of alkyl carbamates (subject to hydrolysis) is 1. The van der Waals surface area contributed by atoms with Crippen molar-refractivity contribution in [2.24, 2.45) is 11.1 Å². The number of amides is 4. The van der Waals surface area contributed by atoms with Crippen molar-refractivity contribution in [3.8, 4) is 0 Å². The third-order valence-corrected chi connectivity index (χ3v) is 8.08. The number of ether oxygens (including phenoxy) is 2. The average molecular weight is 667 g/mol. The van der Waals surface area contributed by atoms with Gasteiger partial charge in [0.1, 0.15) is 0 Å². The highest BCUT2D eigenvalue weighted by molar-refractivity contribution is 7.15. The van der Waals surface area contributed by atoms with Crippen molar-refractivity contribution in [3.05, 3.63) is 75.8 Å². The Morgan fingerprint density at radius 3 is 1.91 bits per heavy atom. The van der Waals surface area contributed by atoms with Crippen LogP contribution in [0.2, 0.25) is 0 Å². The summed E-state index contributed by atoms with van der Waals surface area (Å²) < 4.78 is 11.1. The first-order chi connectivity index (χ1) is 21.9. The fraction of sp³-hybridized carbons (Fsp3) is 0.441. The summed E-state index contributed by atoms with van der Waals surface area (Å²) in [6, 6.07) is 15.0. The summed E-state index contributed by atoms with van der Waals surface area (Å²) in [4.78, 5) is 54.1. The van der Waals surface area contributed by atoms with E-state index in [1.165, 1.54) is 18.3 Å². The molecular formula is C34H46N6O6S. The number of anilines is 2. The number of thiazole rings is 1. The summed E-state index contributed by atoms with van der Waals surface area (Å²) in [5, 5.41) is 11.8. The first-order valence-corrected chi connectivity index (χ1v) is 16.2. The number of hydrogen-bond acceptors (Lipinski definition) is 9. The third kappa shape index (κ3) is 11.0. The predicted molar refractivity (Wildman–Crippen MR) is 183 cm³/mol. The summed E-state index contributed by atoms with van der Waals surface area (Å²) in [7, 11) is 1.60. The molecule has 1 aromatic heterocycles. The van der Waals surface area contributed by atoms with E-state index < -0.39 is 29.1 Å². The number of carbonyl (C=O) groups is 4. The fourth-order valence-corrected chi connectivity index (χ4v) is 5.63. The van der Waals surface area contributed by atoms with Crippen molar-refractivity contribution in [1.29, 1.82) is 0 Å². The van der Waals surface area contributed by atoms with Crippen LogP contribution in [-0.2, 0) is 40.0 Å². The number of primary amides is 1. The van der Waals surface area contributed by atoms with E-state index in [1.54, 1.807) is 72.9 Å². The van der Waals surface area contributed by atoms with Gasteiger partial charge in [0.15, 0.2) is 5.13 Å². The molecule has 0 saturated heterocycles. The van der Waals surface area contributed by atoms with Gasteiger partial charge in [0, 0.05) is 35.6 Å². The third-order valence-electron chi connectivity index (χ3n) is 7.00. The number of aryl methyl sites for hydroxylation is 4. The van der Waals surface area contributed by atoms with E-state index in [9.17, 15) is 19.2 Å². The molecule has 0 bridgehead atoms. The number of hydrogen-bond donors (Lipinski definition) is 5. The monoisotopic (exact) mass is 666 g/mol. The van der Waals surface area contributed by atoms with E-state index in [-0.39, 0.29) is 11.8 Å². The predicted octanol–water partition coefficient (Wildman–Crippen LogP) is 5.76. The Labute approximate surface area is 280 Å². The highest BCUT2D eigenvalue weighted by Gasteiger charge is 2.50. The van der Waals surface area contributed by atoms with Crippen molar-refractivity contribution in [2.75, 3.05) is 17.7 Å². The van der Waals surface area contributed by atoms with E-state index in [0.717, 1.165) is 34.5 Å². The maximum atomic E-state index is 12.8. The van der Waals surface area contributed by atoms with Crippen molar-refractivity contribution in [3.63, 3.8) is 0 Å². The van der Waals surface area contributed by atoms with Crippen LogP contribution in [0.25, 0.3) is 0 Å². The molecular weight excluding hydrogens is 620 g/mol. The van der Waals surface area contributed by atoms with Gasteiger partial charge in [-0.3, -0.25) is 9.59 Å². The van der Waals surface area contributed by atoms with Crippen LogP contribution in [0.3, 0.4) is 0 Å². The highest BCUT2D eigenvalue weighted by Crippen LogP contribution is 2.37. The number of nitrogens with one attached hydrogen (secondary N) is 4. The van der Waals surface area contributed by atoms with Crippen molar-refractivity contribution < 1.29 is 28.7 Å². The quantitative estimate of drug-likeness (QED) is 0.152. The topological polar surface area (TPSA) is 174 Å². The smallest absolute Gasteiger partial charge is 0.387 e. The Morgan fingerprint density at radius 2 is 1.40 bits per heavy atom. The van der Waals surface area contributed by atoms with Crippen LogP contribution >= 0.6 is 11.3 Å². The molecule has 0 spiro atoms. The summed E-state index contributed by atoms with van der Waals surface area (Å²) in [6.07, 6.45) is 0.904. The molecule has 6 N–H and O–H groups in total. The maximum absolute atomic E-state index is 12.8. The van der Waals surface area contributed by atoms with Crippen LogP contribution in [0, 0.1) is 5.41 Å². The first-order valence-electron chi connectivity index (χ1n) is 15.3. The molecule has 47 heavy (non-hydrogen) atoms. The lowest BCUT2D eigenvalue weighted by Gasteiger charge is -2.42. The van der Waals surface area contributed by atoms with Gasteiger partial charge in [-0.25, -0.2) is 14.6 Å². The minimum Gasteiger partial charge on any atom is -0.387 e. The number of nitrogens with two attached hydrogens (primary N) is 1. The molecule has 1 heterocycles. The molecule has 0 fully saturated rings. The number of benzene rings is 2. The average Bonchev–Trinajstić information content (AvgIpc) is 3.34. The second kappa shape index (κ2) is 15.3. The van der Waals surface area contributed by atoms with Gasteiger partial charge in [0.2, 0.25) is 5.91 Å². The zero-order valence-electron chi connectivity index (χ0n) is 28.3. The Bertz CT molecular complexity index is 1560. The van der Waals surface area contributed by atoms with Crippen molar-refractivity contribution in [2.45, 2.75) is 85.6 Å². The molecule has 13 heteroatoms. The van der Waals surface area contributed by atoms with Gasteiger partial charge in [-0.1, -0.05) is 45.0 Å². The van der Waals surface area contributed by atoms with Crippen LogP contribution < -0.4 is 27.0 Å². The van der Waals surface area contributed by atoms with Gasteiger partial charge in [-0.2, -0.15) is 0 Å². The van der Waals surface area contributed by atoms with E-state index in [1.807, 2.05) is 24.3 Å². The maximum Gasteiger partial charge on any atom is 0.412 e. The zero-order chi connectivity index (χ0) is 35.0. The van der Waals surface area contributed by atoms with Gasteiger partial charge < -0.3 is 36.5 Å². The minimum absolute atomic E-state index is 0.130. The van der Waals surface area contributed by atoms with Gasteiger partial charge in [-0.05, 0) is 81.8 Å². The SMILES string of the molecule is CNC(=O)c1ccc(CCc2sc(NC(C)=O)nc2CCc2ccc(NC(OC(N)=O)(OC(=O)NC(C)(C)C)C(C)(C)C)cc2)cc1. The lowest BCUT2D eigenvalue weighted by Crippen LogP contribution is -2.59. The van der Waals surface area contributed by atoms with Crippen molar-refractivity contribution in [1.82, 2.24) is 15.6 Å². The molecule has 12 nitrogen and oxygen atoms in total. The fourth-order valence-electron chi connectivity index (χ4n) is 4.58. The molecule has 3 aromatic rings. The lowest BCUT2D eigenvalue weighted by molar-refractivity contribution is -0.202. The van der Waals surface area contributed by atoms with Gasteiger partial charge in [0.05, 0.1) is 11.1 Å². The molecule has 1 atom stereocenters. The molecule has 0 aliphatic heterocycles. The molecule has 1 unspecified atom stereocenters. The lowest BCUT2D eigenvalue weighted by atomic mass is 9.90. The van der Waals surface area contributed by atoms with Gasteiger partial charge in [0.25, 0.3) is 5.91 Å². The van der Waals surface area contributed by atoms with E-state index in [0.29, 0.717) is 29.2 Å². The second-order valence-corrected chi connectivity index (χ2v) is 14.3. The van der Waals surface area contributed by atoms with E-state index in [4.69, 9.17) is 20.2 Å². The summed E-state index contributed by atoms with van der Waals surface area (Å²) in [5.74, 6) is -2.22. The van der Waals surface area contributed by atoms with Crippen LogP contribution in [0.5, 0.6) is 0 Å². The first kappa shape index (κ1) is 36.8. The summed E-state index contributed by atoms with van der Waals surface area (Å²) in [5.41, 5.74) is 8.06. The summed E-state index contributed by atoms with van der Waals surface area (Å²) in [6.45, 7) is 12.1. The van der Waals surface area contributed by atoms with Crippen LogP contribution in [0.1, 0.15) is 80.5 Å². The molecule has 254 valence electrons. The zero-order valence-corrected chi connectivity index (χ0v) is 29.1. The number of aromatic nitrogens is 1. The van der Waals surface area contributed by atoms with Crippen LogP contribution in [0.4, 0.5) is 20.4 Å². The number of nitrogens with zero attached hydrogens (tertiary/aromatic N) is 1. The largest absolute Gasteiger partial charge is 0.412 e. The molecule has 3 rings (SSSR count). The molecule has 2 aromatic carbocycles. The van der Waals surface area contributed by atoms with E-state index in [2.05, 4.69) is 21.3 Å². The van der Waals surface area contributed by atoms with E-state index >= 15 is 0 Å². The Morgan fingerprint density at radius 1 is 0.830 bits per heavy atom. The Kier molecular flexibility index (Phi) is 12.0. The minimum atomic E-state index is -1.91. The Balaban J connectivity index is 1.76. The molecule has 0 saturated carbocycles. The number of rotatable bonds is 12. The molecule has 0 aliphatic rings. The van der Waals surface area contributed by atoms with Crippen LogP contribution in [-0.4, -0.2) is 47.5 Å². The molecule has 0 aliphatic carbocycles. The van der Waals surface area contributed by atoms with Gasteiger partial charge in [-0.15, -0.1) is 11.3 Å². The highest BCUT2D eigenvalue weighted by atomic mass is 32.1. The van der Waals surface area contributed by atoms with Gasteiger partial charge >= 0.3 is 18.1 Å². The normalized spacial score (nSPS) is 12.8. The second-order valence-electron chi connectivity index (χ2n) is 13.2. The van der Waals surface area contributed by atoms with Crippen molar-refractivity contribution >= 4 is 46.2 Å². The van der Waals surface area contributed by atoms with Crippen LogP contribution in [0.15, 0.2) is 48.5 Å². The number of carbonyl (C=O) groups excluding carboxylic acids is 4.